The van der Waals surface area contributed by atoms with Gasteiger partial charge in [-0.25, -0.2) is 0 Å². The lowest BCUT2D eigenvalue weighted by atomic mass is 10.0. The van der Waals surface area contributed by atoms with Gasteiger partial charge >= 0.3 is 0 Å². The molecule has 1 heterocycles. The van der Waals surface area contributed by atoms with Crippen LogP contribution in [0.15, 0.2) is 18.3 Å². The van der Waals surface area contributed by atoms with E-state index in [-0.39, 0.29) is 0 Å². The van der Waals surface area contributed by atoms with Crippen molar-refractivity contribution in [3.63, 3.8) is 0 Å². The zero-order valence-electron chi connectivity index (χ0n) is 11.8. The third-order valence-corrected chi connectivity index (χ3v) is 3.39. The summed E-state index contributed by atoms with van der Waals surface area (Å²) in [5, 5.41) is 0. The number of unbranched alkanes of at least 4 members (excludes halogenated alkanes) is 3. The van der Waals surface area contributed by atoms with E-state index in [2.05, 4.69) is 36.4 Å². The van der Waals surface area contributed by atoms with E-state index in [1.54, 1.807) is 0 Å². The molecule has 0 aliphatic rings. The Hall–Kier alpha value is -0.930. The van der Waals surface area contributed by atoms with E-state index in [1.165, 1.54) is 31.2 Å². The van der Waals surface area contributed by atoms with Gasteiger partial charge in [-0.1, -0.05) is 45.6 Å². The maximum atomic E-state index is 5.61. The monoisotopic (exact) mass is 249 g/mol. The molecule has 1 rings (SSSR count). The SMILES string of the molecule is CCCCCCC(Cc1ccc(CC)cn1)NN. The fourth-order valence-corrected chi connectivity index (χ4v) is 2.10. The Labute approximate surface area is 111 Å². The van der Waals surface area contributed by atoms with Crippen molar-refractivity contribution in [1.29, 1.82) is 0 Å². The summed E-state index contributed by atoms with van der Waals surface area (Å²) in [4.78, 5) is 4.49. The van der Waals surface area contributed by atoms with Gasteiger partial charge in [0.05, 0.1) is 0 Å². The van der Waals surface area contributed by atoms with Gasteiger partial charge in [-0.2, -0.15) is 0 Å². The number of rotatable bonds is 9. The highest BCUT2D eigenvalue weighted by molar-refractivity contribution is 5.14. The van der Waals surface area contributed by atoms with Gasteiger partial charge in [0, 0.05) is 24.4 Å². The zero-order chi connectivity index (χ0) is 13.2. The molecule has 0 aromatic carbocycles. The molecule has 0 saturated heterocycles. The molecule has 0 aliphatic carbocycles. The third-order valence-electron chi connectivity index (χ3n) is 3.39. The van der Waals surface area contributed by atoms with E-state index in [0.29, 0.717) is 6.04 Å². The first-order chi connectivity index (χ1) is 8.80. The highest BCUT2D eigenvalue weighted by atomic mass is 15.2. The first-order valence-electron chi connectivity index (χ1n) is 7.20. The Morgan fingerprint density at radius 1 is 1.22 bits per heavy atom. The highest BCUT2D eigenvalue weighted by Gasteiger charge is 2.08. The predicted molar refractivity (Wildman–Crippen MR) is 77.2 cm³/mol. The lowest BCUT2D eigenvalue weighted by molar-refractivity contribution is 0.459. The number of hydrogen-bond acceptors (Lipinski definition) is 3. The van der Waals surface area contributed by atoms with E-state index in [4.69, 9.17) is 5.84 Å². The van der Waals surface area contributed by atoms with E-state index in [1.807, 2.05) is 6.20 Å². The Bertz CT molecular complexity index is 308. The molecule has 0 bridgehead atoms. The van der Waals surface area contributed by atoms with Crippen LogP contribution in [0.5, 0.6) is 0 Å². The van der Waals surface area contributed by atoms with Crippen molar-refractivity contribution >= 4 is 0 Å². The van der Waals surface area contributed by atoms with Gasteiger partial charge in [0.25, 0.3) is 0 Å². The Balaban J connectivity index is 2.36. The van der Waals surface area contributed by atoms with Crippen LogP contribution in [0.4, 0.5) is 0 Å². The summed E-state index contributed by atoms with van der Waals surface area (Å²) in [6.07, 6.45) is 10.2. The zero-order valence-corrected chi connectivity index (χ0v) is 11.8. The maximum absolute atomic E-state index is 5.61. The molecule has 1 aromatic rings. The molecule has 3 nitrogen and oxygen atoms in total. The molecule has 0 radical (unpaired) electrons. The van der Waals surface area contributed by atoms with Crippen molar-refractivity contribution in [2.45, 2.75) is 64.8 Å². The van der Waals surface area contributed by atoms with E-state index in [9.17, 15) is 0 Å². The lowest BCUT2D eigenvalue weighted by Gasteiger charge is -2.15. The summed E-state index contributed by atoms with van der Waals surface area (Å²) in [6.45, 7) is 4.38. The lowest BCUT2D eigenvalue weighted by Crippen LogP contribution is -2.36. The molecule has 1 aromatic heterocycles. The van der Waals surface area contributed by atoms with Crippen molar-refractivity contribution in [3.8, 4) is 0 Å². The number of pyridine rings is 1. The molecule has 1 unspecified atom stereocenters. The number of nitrogens with zero attached hydrogens (tertiary/aromatic N) is 1. The van der Waals surface area contributed by atoms with Crippen LogP contribution in [0.2, 0.25) is 0 Å². The third kappa shape index (κ3) is 5.61. The largest absolute Gasteiger partial charge is 0.271 e. The van der Waals surface area contributed by atoms with E-state index in [0.717, 1.165) is 25.0 Å². The second kappa shape index (κ2) is 9.06. The second-order valence-corrected chi connectivity index (χ2v) is 4.93. The second-order valence-electron chi connectivity index (χ2n) is 4.93. The van der Waals surface area contributed by atoms with Crippen LogP contribution in [0.25, 0.3) is 0 Å². The van der Waals surface area contributed by atoms with Gasteiger partial charge in [-0.05, 0) is 24.5 Å². The van der Waals surface area contributed by atoms with Gasteiger partial charge in [-0.3, -0.25) is 16.3 Å². The van der Waals surface area contributed by atoms with E-state index >= 15 is 0 Å². The molecule has 0 aliphatic heterocycles. The number of hydrogen-bond donors (Lipinski definition) is 2. The van der Waals surface area contributed by atoms with Crippen LogP contribution in [0, 0.1) is 0 Å². The Morgan fingerprint density at radius 2 is 2.06 bits per heavy atom. The molecular formula is C15H27N3. The van der Waals surface area contributed by atoms with Gasteiger partial charge in [-0.15, -0.1) is 0 Å². The van der Waals surface area contributed by atoms with E-state index < -0.39 is 0 Å². The summed E-state index contributed by atoms with van der Waals surface area (Å²) >= 11 is 0. The van der Waals surface area contributed by atoms with Crippen molar-refractivity contribution in [2.24, 2.45) is 5.84 Å². The predicted octanol–water partition coefficient (Wildman–Crippen LogP) is 2.99. The molecule has 0 amide bonds. The standard InChI is InChI=1S/C15H27N3/c1-3-5-6-7-8-15(18-16)11-14-10-9-13(4-2)12-17-14/h9-10,12,15,18H,3-8,11,16H2,1-2H3. The van der Waals surface area contributed by atoms with Crippen LogP contribution >= 0.6 is 0 Å². The van der Waals surface area contributed by atoms with Gasteiger partial charge in [0.2, 0.25) is 0 Å². The Kier molecular flexibility index (Phi) is 7.62. The molecule has 18 heavy (non-hydrogen) atoms. The summed E-state index contributed by atoms with van der Waals surface area (Å²) in [5.74, 6) is 5.61. The topological polar surface area (TPSA) is 50.9 Å². The summed E-state index contributed by atoms with van der Waals surface area (Å²) in [7, 11) is 0. The average Bonchev–Trinajstić information content (AvgIpc) is 2.43. The van der Waals surface area contributed by atoms with Crippen molar-refractivity contribution in [2.75, 3.05) is 0 Å². The summed E-state index contributed by atoms with van der Waals surface area (Å²) in [6, 6.07) is 4.63. The summed E-state index contributed by atoms with van der Waals surface area (Å²) < 4.78 is 0. The van der Waals surface area contributed by atoms with Crippen LogP contribution < -0.4 is 11.3 Å². The van der Waals surface area contributed by atoms with Crippen molar-refractivity contribution < 1.29 is 0 Å². The number of aryl methyl sites for hydroxylation is 1. The van der Waals surface area contributed by atoms with Gasteiger partial charge in [0.1, 0.15) is 0 Å². The molecule has 0 saturated carbocycles. The minimum Gasteiger partial charge on any atom is -0.271 e. The minimum atomic E-state index is 0.349. The first kappa shape index (κ1) is 15.1. The number of hydrazine groups is 1. The quantitative estimate of drug-likeness (QED) is 0.402. The average molecular weight is 249 g/mol. The molecule has 0 spiro atoms. The van der Waals surface area contributed by atoms with Crippen molar-refractivity contribution in [1.82, 2.24) is 10.4 Å². The first-order valence-corrected chi connectivity index (χ1v) is 7.20. The molecule has 1 atom stereocenters. The summed E-state index contributed by atoms with van der Waals surface area (Å²) in [5.41, 5.74) is 5.34. The molecule has 102 valence electrons. The van der Waals surface area contributed by atoms with Crippen LogP contribution in [-0.4, -0.2) is 11.0 Å². The molecule has 3 heteroatoms. The fraction of sp³-hybridized carbons (Fsp3) is 0.667. The maximum Gasteiger partial charge on any atom is 0.0419 e. The van der Waals surface area contributed by atoms with Crippen LogP contribution in [0.3, 0.4) is 0 Å². The number of aromatic nitrogens is 1. The molecular weight excluding hydrogens is 222 g/mol. The van der Waals surface area contributed by atoms with Gasteiger partial charge < -0.3 is 0 Å². The number of nitrogens with one attached hydrogen (secondary N) is 1. The van der Waals surface area contributed by atoms with Crippen molar-refractivity contribution in [3.05, 3.63) is 29.6 Å². The normalized spacial score (nSPS) is 12.6. The molecule has 0 fully saturated rings. The van der Waals surface area contributed by atoms with Crippen LogP contribution in [-0.2, 0) is 12.8 Å². The number of nitrogens with two attached hydrogens (primary N) is 1. The highest BCUT2D eigenvalue weighted by Crippen LogP contribution is 2.10. The Morgan fingerprint density at radius 3 is 2.61 bits per heavy atom. The minimum absolute atomic E-state index is 0.349. The fourth-order valence-electron chi connectivity index (χ4n) is 2.10. The van der Waals surface area contributed by atoms with Crippen LogP contribution in [0.1, 0.15) is 57.2 Å². The molecule has 3 N–H and O–H groups in total. The van der Waals surface area contributed by atoms with Gasteiger partial charge in [0.15, 0.2) is 0 Å². The smallest absolute Gasteiger partial charge is 0.0419 e.